The first-order chi connectivity index (χ1) is 4.66. The van der Waals surface area contributed by atoms with E-state index in [1.807, 2.05) is 13.0 Å². The molecule has 0 saturated heterocycles. The SMILES string of the molecule is C=C(CC(C)C)O/C=C/C. The molecular weight excluding hydrogens is 124 g/mol. The fraction of sp³-hybridized carbons (Fsp3) is 0.556. The summed E-state index contributed by atoms with van der Waals surface area (Å²) in [7, 11) is 0. The molecule has 1 heteroatoms. The summed E-state index contributed by atoms with van der Waals surface area (Å²) >= 11 is 0. The molecule has 0 unspecified atom stereocenters. The number of hydrogen-bond donors (Lipinski definition) is 0. The molecule has 0 spiro atoms. The van der Waals surface area contributed by atoms with Crippen LogP contribution in [0.25, 0.3) is 0 Å². The molecule has 0 aliphatic heterocycles. The Morgan fingerprint density at radius 3 is 2.60 bits per heavy atom. The Labute approximate surface area is 63.4 Å². The van der Waals surface area contributed by atoms with Gasteiger partial charge < -0.3 is 4.74 Å². The molecule has 0 aromatic rings. The summed E-state index contributed by atoms with van der Waals surface area (Å²) < 4.78 is 5.13. The Hall–Kier alpha value is -0.720. The minimum Gasteiger partial charge on any atom is -0.470 e. The standard InChI is InChI=1S/C9H16O/c1-5-6-10-9(4)7-8(2)3/h5-6,8H,4,7H2,1-3H3/b6-5+. The predicted octanol–water partition coefficient (Wildman–Crippen LogP) is 3.10. The monoisotopic (exact) mass is 140 g/mol. The third-order valence-corrected chi connectivity index (χ3v) is 1.01. The fourth-order valence-corrected chi connectivity index (χ4v) is 0.668. The molecule has 0 aromatic carbocycles. The van der Waals surface area contributed by atoms with Crippen LogP contribution < -0.4 is 0 Å². The first-order valence-electron chi connectivity index (χ1n) is 3.62. The van der Waals surface area contributed by atoms with Gasteiger partial charge in [0.05, 0.1) is 12.0 Å². The summed E-state index contributed by atoms with van der Waals surface area (Å²) in [4.78, 5) is 0. The number of ether oxygens (including phenoxy) is 1. The maximum absolute atomic E-state index is 5.13. The fourth-order valence-electron chi connectivity index (χ4n) is 0.668. The molecule has 0 radical (unpaired) electrons. The second-order valence-corrected chi connectivity index (χ2v) is 2.72. The maximum atomic E-state index is 5.13. The van der Waals surface area contributed by atoms with Crippen LogP contribution in [0.2, 0.25) is 0 Å². The van der Waals surface area contributed by atoms with Gasteiger partial charge in [-0.05, 0) is 12.8 Å². The van der Waals surface area contributed by atoms with Crippen molar-refractivity contribution in [3.8, 4) is 0 Å². The van der Waals surface area contributed by atoms with Crippen LogP contribution in [0.4, 0.5) is 0 Å². The van der Waals surface area contributed by atoms with Crippen LogP contribution >= 0.6 is 0 Å². The maximum Gasteiger partial charge on any atom is 0.0962 e. The van der Waals surface area contributed by atoms with E-state index in [0.29, 0.717) is 5.92 Å². The Balaban J connectivity index is 3.44. The summed E-state index contributed by atoms with van der Waals surface area (Å²) in [5.74, 6) is 1.46. The van der Waals surface area contributed by atoms with Gasteiger partial charge in [-0.15, -0.1) is 0 Å². The van der Waals surface area contributed by atoms with Crippen molar-refractivity contribution < 1.29 is 4.74 Å². The first kappa shape index (κ1) is 9.28. The number of rotatable bonds is 4. The van der Waals surface area contributed by atoms with Gasteiger partial charge in [-0.3, -0.25) is 0 Å². The largest absolute Gasteiger partial charge is 0.470 e. The van der Waals surface area contributed by atoms with Crippen LogP contribution in [0.3, 0.4) is 0 Å². The summed E-state index contributed by atoms with van der Waals surface area (Å²) in [5.41, 5.74) is 0. The van der Waals surface area contributed by atoms with Gasteiger partial charge >= 0.3 is 0 Å². The van der Waals surface area contributed by atoms with Gasteiger partial charge in [-0.1, -0.05) is 26.5 Å². The van der Waals surface area contributed by atoms with Crippen LogP contribution in [-0.4, -0.2) is 0 Å². The molecule has 1 nitrogen and oxygen atoms in total. The topological polar surface area (TPSA) is 9.23 Å². The molecule has 10 heavy (non-hydrogen) atoms. The van der Waals surface area contributed by atoms with E-state index in [4.69, 9.17) is 4.74 Å². The molecule has 0 aliphatic rings. The molecular formula is C9H16O. The minimum absolute atomic E-state index is 0.623. The normalized spacial score (nSPS) is 10.8. The highest BCUT2D eigenvalue weighted by atomic mass is 16.5. The van der Waals surface area contributed by atoms with Gasteiger partial charge in [0, 0.05) is 6.42 Å². The Morgan fingerprint density at radius 2 is 2.20 bits per heavy atom. The number of hydrogen-bond acceptors (Lipinski definition) is 1. The van der Waals surface area contributed by atoms with Crippen molar-refractivity contribution in [2.45, 2.75) is 27.2 Å². The van der Waals surface area contributed by atoms with Crippen LogP contribution in [-0.2, 0) is 4.74 Å². The lowest BCUT2D eigenvalue weighted by Crippen LogP contribution is -1.90. The van der Waals surface area contributed by atoms with E-state index in [0.717, 1.165) is 12.2 Å². The molecule has 0 N–H and O–H groups in total. The second-order valence-electron chi connectivity index (χ2n) is 2.72. The molecule has 0 rings (SSSR count). The van der Waals surface area contributed by atoms with Gasteiger partial charge in [-0.2, -0.15) is 0 Å². The molecule has 0 atom stereocenters. The predicted molar refractivity (Wildman–Crippen MR) is 44.5 cm³/mol. The number of allylic oxidation sites excluding steroid dienone is 2. The van der Waals surface area contributed by atoms with Crippen molar-refractivity contribution >= 4 is 0 Å². The molecule has 0 bridgehead atoms. The highest BCUT2D eigenvalue weighted by molar-refractivity contribution is 4.86. The van der Waals surface area contributed by atoms with E-state index in [9.17, 15) is 0 Å². The zero-order chi connectivity index (χ0) is 7.98. The molecule has 0 amide bonds. The zero-order valence-electron chi connectivity index (χ0n) is 7.05. The van der Waals surface area contributed by atoms with E-state index >= 15 is 0 Å². The van der Waals surface area contributed by atoms with Crippen molar-refractivity contribution in [1.82, 2.24) is 0 Å². The highest BCUT2D eigenvalue weighted by Crippen LogP contribution is 2.09. The summed E-state index contributed by atoms with van der Waals surface area (Å²) in [6, 6.07) is 0. The molecule has 0 fully saturated rings. The van der Waals surface area contributed by atoms with Crippen molar-refractivity contribution in [3.05, 3.63) is 24.7 Å². The van der Waals surface area contributed by atoms with Gasteiger partial charge in [0.2, 0.25) is 0 Å². The van der Waals surface area contributed by atoms with E-state index in [1.54, 1.807) is 6.26 Å². The van der Waals surface area contributed by atoms with Gasteiger partial charge in [0.1, 0.15) is 0 Å². The summed E-state index contributed by atoms with van der Waals surface area (Å²) in [6.07, 6.45) is 4.44. The zero-order valence-corrected chi connectivity index (χ0v) is 7.05. The quantitative estimate of drug-likeness (QED) is 0.545. The smallest absolute Gasteiger partial charge is 0.0962 e. The van der Waals surface area contributed by atoms with E-state index < -0.39 is 0 Å². The van der Waals surface area contributed by atoms with Crippen molar-refractivity contribution in [3.63, 3.8) is 0 Å². The lowest BCUT2D eigenvalue weighted by molar-refractivity contribution is 0.319. The first-order valence-corrected chi connectivity index (χ1v) is 3.62. The van der Waals surface area contributed by atoms with Crippen LogP contribution in [0.1, 0.15) is 27.2 Å². The third kappa shape index (κ3) is 5.42. The molecule has 0 saturated carbocycles. The van der Waals surface area contributed by atoms with E-state index in [2.05, 4.69) is 20.4 Å². The van der Waals surface area contributed by atoms with E-state index in [-0.39, 0.29) is 0 Å². The van der Waals surface area contributed by atoms with Crippen LogP contribution in [0.5, 0.6) is 0 Å². The summed E-state index contributed by atoms with van der Waals surface area (Å²) in [6.45, 7) is 9.96. The molecule has 0 aromatic heterocycles. The lowest BCUT2D eigenvalue weighted by atomic mass is 10.1. The lowest BCUT2D eigenvalue weighted by Gasteiger charge is -2.05. The van der Waals surface area contributed by atoms with Gasteiger partial charge in [0.25, 0.3) is 0 Å². The van der Waals surface area contributed by atoms with Crippen molar-refractivity contribution in [1.29, 1.82) is 0 Å². The van der Waals surface area contributed by atoms with Crippen LogP contribution in [0, 0.1) is 5.92 Å². The van der Waals surface area contributed by atoms with Crippen molar-refractivity contribution in [2.24, 2.45) is 5.92 Å². The Morgan fingerprint density at radius 1 is 1.60 bits per heavy atom. The van der Waals surface area contributed by atoms with E-state index in [1.165, 1.54) is 0 Å². The summed E-state index contributed by atoms with van der Waals surface area (Å²) in [5, 5.41) is 0. The molecule has 0 aliphatic carbocycles. The Kier molecular flexibility index (Phi) is 4.73. The highest BCUT2D eigenvalue weighted by Gasteiger charge is 1.96. The van der Waals surface area contributed by atoms with Gasteiger partial charge in [0.15, 0.2) is 0 Å². The van der Waals surface area contributed by atoms with Crippen molar-refractivity contribution in [2.75, 3.05) is 0 Å². The average Bonchev–Trinajstić information content (AvgIpc) is 1.82. The second kappa shape index (κ2) is 5.10. The Bertz CT molecular complexity index is 123. The molecule has 58 valence electrons. The van der Waals surface area contributed by atoms with Crippen LogP contribution in [0.15, 0.2) is 24.7 Å². The minimum atomic E-state index is 0.623. The van der Waals surface area contributed by atoms with Gasteiger partial charge in [-0.25, -0.2) is 0 Å². The average molecular weight is 140 g/mol. The molecule has 0 heterocycles. The third-order valence-electron chi connectivity index (χ3n) is 1.01.